The van der Waals surface area contributed by atoms with Crippen LogP contribution in [-0.2, 0) is 0 Å². The van der Waals surface area contributed by atoms with Crippen molar-refractivity contribution in [1.29, 1.82) is 0 Å². The number of nitrogens with one attached hydrogen (secondary N) is 1. The maximum absolute atomic E-state index is 9.77. The first-order valence-electron chi connectivity index (χ1n) is 5.81. The first kappa shape index (κ1) is 12.0. The minimum absolute atomic E-state index is 0.252. The molecule has 2 unspecified atom stereocenters. The fraction of sp³-hybridized carbons (Fsp3) is 0.538. The Labute approximate surface area is 101 Å². The van der Waals surface area contributed by atoms with Crippen molar-refractivity contribution in [3.05, 3.63) is 29.8 Å². The summed E-state index contributed by atoms with van der Waals surface area (Å²) in [7, 11) is 0. The molecule has 1 aromatic carbocycles. The van der Waals surface area contributed by atoms with Gasteiger partial charge in [0.25, 0.3) is 0 Å². The Balaban J connectivity index is 1.93. The van der Waals surface area contributed by atoms with Crippen LogP contribution in [0.25, 0.3) is 0 Å². The molecule has 1 aliphatic rings. The van der Waals surface area contributed by atoms with Crippen LogP contribution in [0, 0.1) is 5.92 Å². The maximum Gasteiger partial charge on any atom is 0.0687 e. The third-order valence-electron chi connectivity index (χ3n) is 3.04. The van der Waals surface area contributed by atoms with E-state index in [4.69, 9.17) is 0 Å². The molecule has 0 saturated heterocycles. The Hall–Kier alpha value is -0.510. The van der Waals surface area contributed by atoms with Crippen LogP contribution in [-0.4, -0.2) is 23.5 Å². The van der Waals surface area contributed by atoms with Gasteiger partial charge in [-0.25, -0.2) is 0 Å². The molecule has 0 aromatic heterocycles. The summed E-state index contributed by atoms with van der Waals surface area (Å²) in [6.45, 7) is 4.77. The highest BCUT2D eigenvalue weighted by atomic mass is 32.2. The molecule has 1 aliphatic heterocycles. The predicted molar refractivity (Wildman–Crippen MR) is 68.8 cm³/mol. The number of aliphatic hydroxyl groups excluding tert-OH is 1. The first-order chi connectivity index (χ1) is 7.68. The fourth-order valence-corrected chi connectivity index (χ4v) is 3.03. The molecule has 88 valence electrons. The molecule has 0 aliphatic carbocycles. The van der Waals surface area contributed by atoms with Gasteiger partial charge < -0.3 is 10.4 Å². The number of benzene rings is 1. The highest BCUT2D eigenvalue weighted by Gasteiger charge is 2.23. The monoisotopic (exact) mass is 237 g/mol. The summed E-state index contributed by atoms with van der Waals surface area (Å²) in [5.74, 6) is 1.39. The summed E-state index contributed by atoms with van der Waals surface area (Å²) in [4.78, 5) is 1.37. The Morgan fingerprint density at radius 2 is 2.19 bits per heavy atom. The molecule has 1 aromatic rings. The van der Waals surface area contributed by atoms with E-state index in [2.05, 4.69) is 29.6 Å². The van der Waals surface area contributed by atoms with Gasteiger partial charge in [0.1, 0.15) is 0 Å². The largest absolute Gasteiger partial charge is 0.392 e. The number of aliphatic hydroxyl groups is 1. The molecule has 2 nitrogen and oxygen atoms in total. The highest BCUT2D eigenvalue weighted by Crippen LogP contribution is 2.37. The molecule has 0 fully saturated rings. The molecule has 2 rings (SSSR count). The Kier molecular flexibility index (Phi) is 3.90. The van der Waals surface area contributed by atoms with Crippen LogP contribution < -0.4 is 5.32 Å². The van der Waals surface area contributed by atoms with Gasteiger partial charge in [0, 0.05) is 23.2 Å². The van der Waals surface area contributed by atoms with Crippen molar-refractivity contribution in [2.24, 2.45) is 5.92 Å². The SMILES string of the molecule is CC(C)C(O)CNC1CSc2ccccc21. The van der Waals surface area contributed by atoms with Crippen LogP contribution in [0.4, 0.5) is 0 Å². The van der Waals surface area contributed by atoms with Gasteiger partial charge in [-0.15, -0.1) is 11.8 Å². The quantitative estimate of drug-likeness (QED) is 0.843. The van der Waals surface area contributed by atoms with E-state index in [9.17, 15) is 5.11 Å². The molecule has 2 N–H and O–H groups in total. The molecule has 0 bridgehead atoms. The van der Waals surface area contributed by atoms with E-state index in [1.807, 2.05) is 25.6 Å². The van der Waals surface area contributed by atoms with Crippen LogP contribution in [0.5, 0.6) is 0 Å². The Bertz CT molecular complexity index is 354. The van der Waals surface area contributed by atoms with Crippen molar-refractivity contribution in [3.63, 3.8) is 0 Å². The summed E-state index contributed by atoms with van der Waals surface area (Å²) in [5.41, 5.74) is 1.38. The Morgan fingerprint density at radius 3 is 2.94 bits per heavy atom. The van der Waals surface area contributed by atoms with E-state index >= 15 is 0 Å². The average Bonchev–Trinajstić information content (AvgIpc) is 2.69. The van der Waals surface area contributed by atoms with Gasteiger partial charge in [-0.1, -0.05) is 32.0 Å². The zero-order valence-electron chi connectivity index (χ0n) is 9.81. The summed E-state index contributed by atoms with van der Waals surface area (Å²) < 4.78 is 0. The first-order valence-corrected chi connectivity index (χ1v) is 6.80. The standard InChI is InChI=1S/C13H19NOS/c1-9(2)12(15)7-14-11-8-16-13-6-4-3-5-10(11)13/h3-6,9,11-12,14-15H,7-8H2,1-2H3. The van der Waals surface area contributed by atoms with Crippen molar-refractivity contribution in [3.8, 4) is 0 Å². The minimum Gasteiger partial charge on any atom is -0.392 e. The molecular weight excluding hydrogens is 218 g/mol. The van der Waals surface area contributed by atoms with Gasteiger partial charge >= 0.3 is 0 Å². The molecule has 0 saturated carbocycles. The Morgan fingerprint density at radius 1 is 1.44 bits per heavy atom. The molecule has 1 heterocycles. The molecule has 16 heavy (non-hydrogen) atoms. The van der Waals surface area contributed by atoms with Crippen molar-refractivity contribution in [1.82, 2.24) is 5.32 Å². The van der Waals surface area contributed by atoms with Crippen LogP contribution in [0.2, 0.25) is 0 Å². The lowest BCUT2D eigenvalue weighted by Gasteiger charge is -2.19. The summed E-state index contributed by atoms with van der Waals surface area (Å²) in [6.07, 6.45) is -0.252. The van der Waals surface area contributed by atoms with Crippen LogP contribution in [0.1, 0.15) is 25.5 Å². The lowest BCUT2D eigenvalue weighted by molar-refractivity contribution is 0.121. The molecule has 0 amide bonds. The third kappa shape index (κ3) is 2.59. The summed E-state index contributed by atoms with van der Waals surface area (Å²) in [5, 5.41) is 13.2. The van der Waals surface area contributed by atoms with E-state index in [1.165, 1.54) is 10.5 Å². The normalized spacial score (nSPS) is 21.1. The van der Waals surface area contributed by atoms with Gasteiger partial charge in [0.05, 0.1) is 6.10 Å². The van der Waals surface area contributed by atoms with Crippen LogP contribution >= 0.6 is 11.8 Å². The van der Waals surface area contributed by atoms with Crippen LogP contribution in [0.3, 0.4) is 0 Å². The molecule has 0 spiro atoms. The highest BCUT2D eigenvalue weighted by molar-refractivity contribution is 7.99. The number of rotatable bonds is 4. The third-order valence-corrected chi connectivity index (χ3v) is 4.23. The number of thioether (sulfide) groups is 1. The molecule has 0 radical (unpaired) electrons. The van der Waals surface area contributed by atoms with E-state index in [0.29, 0.717) is 18.5 Å². The second-order valence-corrected chi connectivity index (χ2v) is 5.68. The second kappa shape index (κ2) is 5.21. The minimum atomic E-state index is -0.252. The molecule has 3 heteroatoms. The topological polar surface area (TPSA) is 32.3 Å². The fourth-order valence-electron chi connectivity index (χ4n) is 1.83. The predicted octanol–water partition coefficient (Wildman–Crippen LogP) is 2.44. The van der Waals surface area contributed by atoms with Crippen molar-refractivity contribution >= 4 is 11.8 Å². The lowest BCUT2D eigenvalue weighted by atomic mass is 10.1. The van der Waals surface area contributed by atoms with E-state index < -0.39 is 0 Å². The van der Waals surface area contributed by atoms with Crippen molar-refractivity contribution in [2.75, 3.05) is 12.3 Å². The van der Waals surface area contributed by atoms with E-state index in [1.54, 1.807) is 0 Å². The smallest absolute Gasteiger partial charge is 0.0687 e. The van der Waals surface area contributed by atoms with Crippen molar-refractivity contribution < 1.29 is 5.11 Å². The number of hydrogen-bond acceptors (Lipinski definition) is 3. The van der Waals surface area contributed by atoms with Crippen molar-refractivity contribution in [2.45, 2.75) is 30.9 Å². The molecule has 2 atom stereocenters. The van der Waals surface area contributed by atoms with Gasteiger partial charge in [-0.05, 0) is 17.5 Å². The number of fused-ring (bicyclic) bond motifs is 1. The number of hydrogen-bond donors (Lipinski definition) is 2. The van der Waals surface area contributed by atoms with E-state index in [0.717, 1.165) is 5.75 Å². The summed E-state index contributed by atoms with van der Waals surface area (Å²) >= 11 is 1.89. The van der Waals surface area contributed by atoms with Gasteiger partial charge in [-0.3, -0.25) is 0 Å². The van der Waals surface area contributed by atoms with Crippen LogP contribution in [0.15, 0.2) is 29.2 Å². The molecular formula is C13H19NOS. The second-order valence-electron chi connectivity index (χ2n) is 4.62. The van der Waals surface area contributed by atoms with Gasteiger partial charge in [0.2, 0.25) is 0 Å². The van der Waals surface area contributed by atoms with E-state index in [-0.39, 0.29) is 6.10 Å². The maximum atomic E-state index is 9.77. The van der Waals surface area contributed by atoms with Gasteiger partial charge in [0.15, 0.2) is 0 Å². The zero-order chi connectivity index (χ0) is 11.5. The summed E-state index contributed by atoms with van der Waals surface area (Å²) in [6, 6.07) is 8.90. The zero-order valence-corrected chi connectivity index (χ0v) is 10.6. The lowest BCUT2D eigenvalue weighted by Crippen LogP contribution is -2.33. The average molecular weight is 237 g/mol. The van der Waals surface area contributed by atoms with Gasteiger partial charge in [-0.2, -0.15) is 0 Å².